The number of aromatic amines is 1. The molecule has 1 aliphatic rings. The zero-order valence-electron chi connectivity index (χ0n) is 17.3. The zero-order chi connectivity index (χ0) is 21.8. The van der Waals surface area contributed by atoms with E-state index in [0.29, 0.717) is 28.3 Å². The number of rotatable bonds is 7. The van der Waals surface area contributed by atoms with Crippen molar-refractivity contribution < 1.29 is 9.59 Å². The Kier molecular flexibility index (Phi) is 5.93. The number of nitrogens with zero attached hydrogens (tertiary/aromatic N) is 1. The van der Waals surface area contributed by atoms with Crippen LogP contribution in [0.1, 0.15) is 40.9 Å². The van der Waals surface area contributed by atoms with Gasteiger partial charge in [-0.3, -0.25) is 14.4 Å². The molecule has 1 saturated carbocycles. The van der Waals surface area contributed by atoms with E-state index >= 15 is 0 Å². The third kappa shape index (κ3) is 5.06. The lowest BCUT2D eigenvalue weighted by Gasteiger charge is -2.11. The molecule has 4 rings (SSSR count). The maximum absolute atomic E-state index is 12.6. The van der Waals surface area contributed by atoms with Gasteiger partial charge in [0.2, 0.25) is 5.91 Å². The third-order valence-electron chi connectivity index (χ3n) is 5.23. The minimum atomic E-state index is -0.266. The Labute approximate surface area is 179 Å². The molecule has 2 amide bonds. The van der Waals surface area contributed by atoms with Crippen molar-refractivity contribution in [2.75, 3.05) is 5.32 Å². The van der Waals surface area contributed by atoms with E-state index in [0.717, 1.165) is 18.4 Å². The quantitative estimate of drug-likeness (QED) is 0.550. The van der Waals surface area contributed by atoms with Gasteiger partial charge in [0.1, 0.15) is 5.82 Å². The number of aryl methyl sites for hydroxylation is 1. The maximum atomic E-state index is 12.6. The minimum absolute atomic E-state index is 0.106. The van der Waals surface area contributed by atoms with Gasteiger partial charge in [-0.2, -0.15) is 0 Å². The van der Waals surface area contributed by atoms with Crippen LogP contribution in [0, 0.1) is 6.92 Å². The standard InChI is InChI=1S/C24H24N4O3/c1-15-18(23(30)28-22(25-15)16-7-3-2-4-8-16)13-14-21(29)27-20-10-6-5-9-19(20)24(31)26-17-11-12-17/h2-10,17H,11-14H2,1H3,(H,26,31)(H,27,29)(H,25,28,30). The largest absolute Gasteiger partial charge is 0.349 e. The average molecular weight is 416 g/mol. The first-order valence-corrected chi connectivity index (χ1v) is 10.4. The lowest BCUT2D eigenvalue weighted by atomic mass is 10.1. The molecule has 3 N–H and O–H groups in total. The Hall–Kier alpha value is -3.74. The number of H-pyrrole nitrogens is 1. The van der Waals surface area contributed by atoms with Crippen molar-refractivity contribution in [1.29, 1.82) is 0 Å². The second kappa shape index (κ2) is 8.95. The van der Waals surface area contributed by atoms with Crippen LogP contribution in [-0.4, -0.2) is 27.8 Å². The number of para-hydroxylation sites is 1. The summed E-state index contributed by atoms with van der Waals surface area (Å²) in [5.41, 5.74) is 2.56. The van der Waals surface area contributed by atoms with Crippen LogP contribution in [0.2, 0.25) is 0 Å². The molecule has 7 nitrogen and oxygen atoms in total. The highest BCUT2D eigenvalue weighted by Crippen LogP contribution is 2.22. The normalized spacial score (nSPS) is 12.9. The van der Waals surface area contributed by atoms with Gasteiger partial charge < -0.3 is 15.6 Å². The fourth-order valence-corrected chi connectivity index (χ4v) is 3.37. The molecule has 0 bridgehead atoms. The van der Waals surface area contributed by atoms with Crippen molar-refractivity contribution in [2.24, 2.45) is 0 Å². The number of hydrogen-bond donors (Lipinski definition) is 3. The van der Waals surface area contributed by atoms with Gasteiger partial charge in [-0.15, -0.1) is 0 Å². The minimum Gasteiger partial charge on any atom is -0.349 e. The van der Waals surface area contributed by atoms with Crippen LogP contribution in [0.4, 0.5) is 5.69 Å². The van der Waals surface area contributed by atoms with Crippen molar-refractivity contribution in [2.45, 2.75) is 38.6 Å². The first-order chi connectivity index (χ1) is 15.0. The van der Waals surface area contributed by atoms with Gasteiger partial charge in [-0.1, -0.05) is 42.5 Å². The second-order valence-corrected chi connectivity index (χ2v) is 7.69. The van der Waals surface area contributed by atoms with Crippen LogP contribution in [0.3, 0.4) is 0 Å². The van der Waals surface area contributed by atoms with Crippen molar-refractivity contribution in [3.8, 4) is 11.4 Å². The van der Waals surface area contributed by atoms with E-state index < -0.39 is 0 Å². The van der Waals surface area contributed by atoms with Crippen molar-refractivity contribution in [1.82, 2.24) is 15.3 Å². The summed E-state index contributed by atoms with van der Waals surface area (Å²) in [6, 6.07) is 16.6. The number of nitrogens with one attached hydrogen (secondary N) is 3. The molecule has 2 aromatic carbocycles. The van der Waals surface area contributed by atoms with E-state index in [1.807, 2.05) is 30.3 Å². The molecule has 7 heteroatoms. The van der Waals surface area contributed by atoms with E-state index in [1.54, 1.807) is 31.2 Å². The van der Waals surface area contributed by atoms with Crippen molar-refractivity contribution in [3.63, 3.8) is 0 Å². The Bertz CT molecular complexity index is 1170. The van der Waals surface area contributed by atoms with E-state index in [-0.39, 0.29) is 36.3 Å². The van der Waals surface area contributed by atoms with E-state index in [2.05, 4.69) is 20.6 Å². The van der Waals surface area contributed by atoms with Gasteiger partial charge in [0.15, 0.2) is 0 Å². The van der Waals surface area contributed by atoms with E-state index in [9.17, 15) is 14.4 Å². The van der Waals surface area contributed by atoms with Gasteiger partial charge in [-0.25, -0.2) is 4.98 Å². The van der Waals surface area contributed by atoms with Gasteiger partial charge in [0.25, 0.3) is 11.5 Å². The van der Waals surface area contributed by atoms with Gasteiger partial charge >= 0.3 is 0 Å². The maximum Gasteiger partial charge on any atom is 0.254 e. The Balaban J connectivity index is 1.43. The van der Waals surface area contributed by atoms with Gasteiger partial charge in [0.05, 0.1) is 11.3 Å². The van der Waals surface area contributed by atoms with Crippen LogP contribution < -0.4 is 16.2 Å². The predicted molar refractivity (Wildman–Crippen MR) is 119 cm³/mol. The molecule has 158 valence electrons. The van der Waals surface area contributed by atoms with Crippen molar-refractivity contribution >= 4 is 17.5 Å². The lowest BCUT2D eigenvalue weighted by Crippen LogP contribution is -2.27. The first kappa shape index (κ1) is 20.5. The number of carbonyl (C=O) groups is 2. The third-order valence-corrected chi connectivity index (χ3v) is 5.23. The summed E-state index contributed by atoms with van der Waals surface area (Å²) in [5, 5.41) is 5.73. The summed E-state index contributed by atoms with van der Waals surface area (Å²) in [5.74, 6) is 0.0518. The molecule has 1 fully saturated rings. The number of amides is 2. The average Bonchev–Trinajstić information content (AvgIpc) is 3.58. The van der Waals surface area contributed by atoms with Gasteiger partial charge in [0, 0.05) is 29.3 Å². The number of aromatic nitrogens is 2. The van der Waals surface area contributed by atoms with Crippen LogP contribution >= 0.6 is 0 Å². The number of carbonyl (C=O) groups excluding carboxylic acids is 2. The van der Waals surface area contributed by atoms with Crippen LogP contribution in [-0.2, 0) is 11.2 Å². The monoisotopic (exact) mass is 416 g/mol. The molecule has 0 spiro atoms. The van der Waals surface area contributed by atoms with E-state index in [1.165, 1.54) is 0 Å². The second-order valence-electron chi connectivity index (χ2n) is 7.69. The molecule has 0 atom stereocenters. The first-order valence-electron chi connectivity index (χ1n) is 10.4. The number of hydrogen-bond acceptors (Lipinski definition) is 4. The van der Waals surface area contributed by atoms with Gasteiger partial charge in [-0.05, 0) is 38.3 Å². The molecule has 0 radical (unpaired) electrons. The molecule has 0 unspecified atom stereocenters. The Morgan fingerprint density at radius 3 is 2.48 bits per heavy atom. The van der Waals surface area contributed by atoms with Crippen molar-refractivity contribution in [3.05, 3.63) is 81.8 Å². The fourth-order valence-electron chi connectivity index (χ4n) is 3.37. The molecule has 31 heavy (non-hydrogen) atoms. The summed E-state index contributed by atoms with van der Waals surface area (Å²) in [6.45, 7) is 1.77. The molecule has 1 aliphatic carbocycles. The summed E-state index contributed by atoms with van der Waals surface area (Å²) < 4.78 is 0. The van der Waals surface area contributed by atoms with E-state index in [4.69, 9.17) is 0 Å². The molecule has 3 aromatic rings. The molecular weight excluding hydrogens is 392 g/mol. The molecule has 1 heterocycles. The topological polar surface area (TPSA) is 104 Å². The number of anilines is 1. The zero-order valence-corrected chi connectivity index (χ0v) is 17.3. The molecule has 1 aromatic heterocycles. The fraction of sp³-hybridized carbons (Fsp3) is 0.250. The highest BCUT2D eigenvalue weighted by molar-refractivity contribution is 6.03. The summed E-state index contributed by atoms with van der Waals surface area (Å²) in [6.07, 6.45) is 2.34. The predicted octanol–water partition coefficient (Wildman–Crippen LogP) is 3.21. The summed E-state index contributed by atoms with van der Waals surface area (Å²) in [4.78, 5) is 44.8. The molecular formula is C24H24N4O3. The lowest BCUT2D eigenvalue weighted by molar-refractivity contribution is -0.116. The Morgan fingerprint density at radius 2 is 1.77 bits per heavy atom. The SMILES string of the molecule is Cc1nc(-c2ccccc2)[nH]c(=O)c1CCC(=O)Nc1ccccc1C(=O)NC1CC1. The number of benzene rings is 2. The Morgan fingerprint density at radius 1 is 1.06 bits per heavy atom. The smallest absolute Gasteiger partial charge is 0.254 e. The van der Waals surface area contributed by atoms with Crippen LogP contribution in [0.25, 0.3) is 11.4 Å². The molecule has 0 saturated heterocycles. The summed E-state index contributed by atoms with van der Waals surface area (Å²) >= 11 is 0. The summed E-state index contributed by atoms with van der Waals surface area (Å²) in [7, 11) is 0. The molecule has 0 aliphatic heterocycles. The highest BCUT2D eigenvalue weighted by Gasteiger charge is 2.25. The highest BCUT2D eigenvalue weighted by atomic mass is 16.2. The van der Waals surface area contributed by atoms with Crippen LogP contribution in [0.15, 0.2) is 59.4 Å². The van der Waals surface area contributed by atoms with Crippen LogP contribution in [0.5, 0.6) is 0 Å².